The van der Waals surface area contributed by atoms with E-state index < -0.39 is 5.82 Å². The van der Waals surface area contributed by atoms with Crippen molar-refractivity contribution in [1.82, 2.24) is 15.0 Å². The molecule has 1 aromatic carbocycles. The van der Waals surface area contributed by atoms with Gasteiger partial charge in [0.05, 0.1) is 25.4 Å². The van der Waals surface area contributed by atoms with E-state index in [9.17, 15) is 9.18 Å². The molecule has 2 N–H and O–H groups in total. The van der Waals surface area contributed by atoms with Gasteiger partial charge in [0.15, 0.2) is 5.13 Å². The van der Waals surface area contributed by atoms with Gasteiger partial charge < -0.3 is 15.0 Å². The summed E-state index contributed by atoms with van der Waals surface area (Å²) in [5.41, 5.74) is 2.82. The van der Waals surface area contributed by atoms with Crippen LogP contribution in [0.3, 0.4) is 0 Å². The Hall–Kier alpha value is -3.26. The number of hydrogen-bond donors (Lipinski definition) is 2. The first-order chi connectivity index (χ1) is 13.1. The molecule has 136 valence electrons. The average molecular weight is 382 g/mol. The molecule has 8 heteroatoms. The minimum atomic E-state index is -0.412. The second kappa shape index (κ2) is 7.16. The molecule has 0 aliphatic rings. The van der Waals surface area contributed by atoms with Gasteiger partial charge in [0.1, 0.15) is 17.2 Å². The molecule has 0 fully saturated rings. The minimum Gasteiger partial charge on any atom is -0.497 e. The maximum atomic E-state index is 13.5. The van der Waals surface area contributed by atoms with E-state index in [1.165, 1.54) is 17.4 Å². The molecule has 0 bridgehead atoms. The fourth-order valence-corrected chi connectivity index (χ4v) is 3.50. The number of nitrogens with one attached hydrogen (secondary N) is 2. The van der Waals surface area contributed by atoms with Crippen LogP contribution in [0.2, 0.25) is 0 Å². The van der Waals surface area contributed by atoms with E-state index in [2.05, 4.69) is 20.3 Å². The molecule has 3 aromatic heterocycles. The molecule has 0 saturated carbocycles. The normalized spacial score (nSPS) is 10.9. The van der Waals surface area contributed by atoms with Crippen LogP contribution in [0.25, 0.3) is 22.3 Å². The third-order valence-electron chi connectivity index (χ3n) is 4.02. The average Bonchev–Trinajstić information content (AvgIpc) is 3.28. The Bertz CT molecular complexity index is 1120. The maximum Gasteiger partial charge on any atom is 0.230 e. The van der Waals surface area contributed by atoms with Gasteiger partial charge in [-0.05, 0) is 23.8 Å². The molecule has 3 heterocycles. The first-order valence-corrected chi connectivity index (χ1v) is 9.01. The fraction of sp³-hybridized carbons (Fsp3) is 0.105. The molecule has 27 heavy (non-hydrogen) atoms. The lowest BCUT2D eigenvalue weighted by molar-refractivity contribution is -0.115. The standard InChI is InChI=1S/C19H15FN4O2S/c1-26-13-4-2-3-11(5-13)6-17(25)24-19-23-16(10-27-19)15-9-22-18-14(15)7-12(20)8-21-18/h2-5,7-10H,6H2,1H3,(H,21,22)(H,23,24,25). The second-order valence-corrected chi connectivity index (χ2v) is 6.72. The number of fused-ring (bicyclic) bond motifs is 1. The van der Waals surface area contributed by atoms with Crippen LogP contribution in [-0.2, 0) is 11.2 Å². The third-order valence-corrected chi connectivity index (χ3v) is 4.78. The molecular formula is C19H15FN4O2S. The molecule has 0 aliphatic heterocycles. The Morgan fingerprint density at radius 3 is 3.11 bits per heavy atom. The lowest BCUT2D eigenvalue weighted by Gasteiger charge is -2.04. The SMILES string of the molecule is COc1cccc(CC(=O)Nc2nc(-c3c[nH]c4ncc(F)cc34)cs2)c1. The Morgan fingerprint density at radius 1 is 1.37 bits per heavy atom. The molecule has 4 aromatic rings. The van der Waals surface area contributed by atoms with Crippen LogP contribution in [0.5, 0.6) is 5.75 Å². The number of carbonyl (C=O) groups excluding carboxylic acids is 1. The molecule has 4 rings (SSSR count). The number of aromatic amines is 1. The highest BCUT2D eigenvalue weighted by molar-refractivity contribution is 7.14. The summed E-state index contributed by atoms with van der Waals surface area (Å²) < 4.78 is 18.7. The van der Waals surface area contributed by atoms with Gasteiger partial charge in [-0.2, -0.15) is 0 Å². The first kappa shape index (κ1) is 17.2. The highest BCUT2D eigenvalue weighted by Crippen LogP contribution is 2.30. The van der Waals surface area contributed by atoms with Gasteiger partial charge in [-0.25, -0.2) is 14.4 Å². The van der Waals surface area contributed by atoms with Crippen LogP contribution in [0.1, 0.15) is 5.56 Å². The predicted molar refractivity (Wildman–Crippen MR) is 102 cm³/mol. The molecule has 0 aliphatic carbocycles. The third kappa shape index (κ3) is 3.65. The van der Waals surface area contributed by atoms with Gasteiger partial charge in [-0.15, -0.1) is 11.3 Å². The molecule has 0 saturated heterocycles. The number of halogens is 1. The highest BCUT2D eigenvalue weighted by Gasteiger charge is 2.13. The van der Waals surface area contributed by atoms with Crippen molar-refractivity contribution in [2.45, 2.75) is 6.42 Å². The van der Waals surface area contributed by atoms with Crippen LogP contribution < -0.4 is 10.1 Å². The predicted octanol–water partition coefficient (Wildman–Crippen LogP) is 4.02. The number of rotatable bonds is 5. The lowest BCUT2D eigenvalue weighted by atomic mass is 10.1. The number of aromatic nitrogens is 3. The number of amides is 1. The zero-order valence-electron chi connectivity index (χ0n) is 14.3. The summed E-state index contributed by atoms with van der Waals surface area (Å²) in [5, 5.41) is 5.74. The van der Waals surface area contributed by atoms with Crippen LogP contribution in [0.15, 0.2) is 48.1 Å². The van der Waals surface area contributed by atoms with E-state index in [0.29, 0.717) is 27.6 Å². The summed E-state index contributed by atoms with van der Waals surface area (Å²) >= 11 is 1.31. The topological polar surface area (TPSA) is 79.9 Å². The van der Waals surface area contributed by atoms with Crippen molar-refractivity contribution in [3.8, 4) is 17.0 Å². The van der Waals surface area contributed by atoms with Crippen molar-refractivity contribution < 1.29 is 13.9 Å². The van der Waals surface area contributed by atoms with Crippen molar-refractivity contribution >= 4 is 33.4 Å². The van der Waals surface area contributed by atoms with E-state index in [4.69, 9.17) is 4.74 Å². The second-order valence-electron chi connectivity index (χ2n) is 5.87. The smallest absolute Gasteiger partial charge is 0.230 e. The molecule has 6 nitrogen and oxygen atoms in total. The van der Waals surface area contributed by atoms with Gasteiger partial charge in [-0.3, -0.25) is 4.79 Å². The summed E-state index contributed by atoms with van der Waals surface area (Å²) in [6.07, 6.45) is 3.11. The van der Waals surface area contributed by atoms with Gasteiger partial charge >= 0.3 is 0 Å². The summed E-state index contributed by atoms with van der Waals surface area (Å²) in [6.45, 7) is 0. The number of pyridine rings is 1. The quantitative estimate of drug-likeness (QED) is 0.546. The molecule has 0 spiro atoms. The van der Waals surface area contributed by atoms with Crippen molar-refractivity contribution in [2.24, 2.45) is 0 Å². The number of anilines is 1. The van der Waals surface area contributed by atoms with E-state index in [1.54, 1.807) is 13.3 Å². The molecule has 0 unspecified atom stereocenters. The largest absolute Gasteiger partial charge is 0.497 e. The van der Waals surface area contributed by atoms with Crippen LogP contribution in [0.4, 0.5) is 9.52 Å². The Kier molecular flexibility index (Phi) is 4.55. The van der Waals surface area contributed by atoms with Crippen LogP contribution >= 0.6 is 11.3 Å². The Labute approximate surface area is 158 Å². The molecule has 1 amide bonds. The monoisotopic (exact) mass is 382 g/mol. The highest BCUT2D eigenvalue weighted by atomic mass is 32.1. The molecular weight excluding hydrogens is 367 g/mol. The summed E-state index contributed by atoms with van der Waals surface area (Å²) in [7, 11) is 1.59. The van der Waals surface area contributed by atoms with Crippen molar-refractivity contribution in [3.63, 3.8) is 0 Å². The molecule has 0 atom stereocenters. The van der Waals surface area contributed by atoms with Crippen LogP contribution in [-0.4, -0.2) is 28.0 Å². The lowest BCUT2D eigenvalue weighted by Crippen LogP contribution is -2.14. The summed E-state index contributed by atoms with van der Waals surface area (Å²) in [5.74, 6) is 0.123. The van der Waals surface area contributed by atoms with Gasteiger partial charge in [-0.1, -0.05) is 12.1 Å². The minimum absolute atomic E-state index is 0.171. The van der Waals surface area contributed by atoms with Crippen molar-refractivity contribution in [2.75, 3.05) is 12.4 Å². The number of benzene rings is 1. The van der Waals surface area contributed by atoms with Gasteiger partial charge in [0.25, 0.3) is 0 Å². The number of H-pyrrole nitrogens is 1. The van der Waals surface area contributed by atoms with E-state index in [0.717, 1.165) is 17.3 Å². The maximum absolute atomic E-state index is 13.5. The van der Waals surface area contributed by atoms with Crippen molar-refractivity contribution in [1.29, 1.82) is 0 Å². The Balaban J connectivity index is 1.50. The number of nitrogens with zero attached hydrogens (tertiary/aromatic N) is 2. The van der Waals surface area contributed by atoms with E-state index in [1.807, 2.05) is 29.6 Å². The zero-order valence-corrected chi connectivity index (χ0v) is 15.1. The van der Waals surface area contributed by atoms with Crippen molar-refractivity contribution in [3.05, 3.63) is 59.5 Å². The number of methoxy groups -OCH3 is 1. The zero-order chi connectivity index (χ0) is 18.8. The fourth-order valence-electron chi connectivity index (χ4n) is 2.78. The van der Waals surface area contributed by atoms with E-state index >= 15 is 0 Å². The first-order valence-electron chi connectivity index (χ1n) is 8.13. The van der Waals surface area contributed by atoms with E-state index in [-0.39, 0.29) is 12.3 Å². The van der Waals surface area contributed by atoms with Crippen LogP contribution in [0, 0.1) is 5.82 Å². The number of thiazole rings is 1. The number of hydrogen-bond acceptors (Lipinski definition) is 5. The summed E-state index contributed by atoms with van der Waals surface area (Å²) in [4.78, 5) is 23.7. The number of carbonyl (C=O) groups is 1. The van der Waals surface area contributed by atoms with Gasteiger partial charge in [0.2, 0.25) is 5.91 Å². The molecule has 0 radical (unpaired) electrons. The number of ether oxygens (including phenoxy) is 1. The Morgan fingerprint density at radius 2 is 2.26 bits per heavy atom. The van der Waals surface area contributed by atoms with Gasteiger partial charge in [0, 0.05) is 22.5 Å². The summed E-state index contributed by atoms with van der Waals surface area (Å²) in [6, 6.07) is 8.76.